The average molecular weight is 283 g/mol. The molecule has 0 radical (unpaired) electrons. The predicted octanol–water partition coefficient (Wildman–Crippen LogP) is 2.62. The van der Waals surface area contributed by atoms with E-state index in [1.165, 1.54) is 0 Å². The summed E-state index contributed by atoms with van der Waals surface area (Å²) in [5, 5.41) is 4.20. The maximum absolute atomic E-state index is 6.30. The number of hydrogen-bond acceptors (Lipinski definition) is 4. The maximum Gasteiger partial charge on any atom is 0.163 e. The molecule has 104 valence electrons. The third kappa shape index (κ3) is 2.60. The summed E-state index contributed by atoms with van der Waals surface area (Å²) in [6, 6.07) is 4.81. The second kappa shape index (κ2) is 5.10. The number of nitrogens with zero attached hydrogens (tertiary/aromatic N) is 1. The summed E-state index contributed by atoms with van der Waals surface area (Å²) in [6.07, 6.45) is 1.13. The molecule has 1 aromatic carbocycles. The van der Waals surface area contributed by atoms with E-state index < -0.39 is 0 Å². The van der Waals surface area contributed by atoms with Gasteiger partial charge in [0.15, 0.2) is 11.5 Å². The monoisotopic (exact) mass is 282 g/mol. The van der Waals surface area contributed by atoms with E-state index in [0.717, 1.165) is 30.2 Å². The highest BCUT2D eigenvalue weighted by atomic mass is 35.5. The molecule has 2 aliphatic heterocycles. The molecule has 1 fully saturated rings. The molecule has 4 nitrogen and oxygen atoms in total. The van der Waals surface area contributed by atoms with Crippen LogP contribution in [0.5, 0.6) is 11.5 Å². The lowest BCUT2D eigenvalue weighted by Crippen LogP contribution is -2.25. The lowest BCUT2D eigenvalue weighted by molar-refractivity contribution is 0.171. The predicted molar refractivity (Wildman–Crippen MR) is 76.6 cm³/mol. The molecule has 0 saturated carbocycles. The van der Waals surface area contributed by atoms with E-state index in [0.29, 0.717) is 30.3 Å². The van der Waals surface area contributed by atoms with Crippen molar-refractivity contribution < 1.29 is 9.47 Å². The number of likely N-dealkylation sites (N-methyl/N-ethyl adjacent to an activating group) is 1. The van der Waals surface area contributed by atoms with Gasteiger partial charge in [-0.25, -0.2) is 0 Å². The van der Waals surface area contributed by atoms with Gasteiger partial charge in [0, 0.05) is 30.8 Å². The molecule has 3 rings (SSSR count). The Balaban J connectivity index is 1.77. The first-order chi connectivity index (χ1) is 9.13. The Morgan fingerprint density at radius 1 is 1.26 bits per heavy atom. The van der Waals surface area contributed by atoms with Crippen LogP contribution in [0.2, 0.25) is 5.02 Å². The van der Waals surface area contributed by atoms with Gasteiger partial charge in [0.05, 0.1) is 10.7 Å². The summed E-state index contributed by atoms with van der Waals surface area (Å²) in [7, 11) is 2.15. The number of anilines is 1. The topological polar surface area (TPSA) is 33.7 Å². The van der Waals surface area contributed by atoms with Crippen molar-refractivity contribution in [1.82, 2.24) is 4.90 Å². The molecule has 1 N–H and O–H groups in total. The minimum Gasteiger partial charge on any atom is -0.486 e. The second-order valence-electron chi connectivity index (χ2n) is 5.34. The van der Waals surface area contributed by atoms with Crippen LogP contribution < -0.4 is 14.8 Å². The summed E-state index contributed by atoms with van der Waals surface area (Å²) in [6.45, 7) is 4.46. The molecule has 2 unspecified atom stereocenters. The minimum absolute atomic E-state index is 0.431. The Morgan fingerprint density at radius 2 is 1.95 bits per heavy atom. The van der Waals surface area contributed by atoms with Crippen LogP contribution in [0.1, 0.15) is 13.3 Å². The molecule has 2 heterocycles. The van der Waals surface area contributed by atoms with Crippen molar-refractivity contribution in [3.05, 3.63) is 17.2 Å². The highest BCUT2D eigenvalue weighted by molar-refractivity contribution is 6.33. The number of ether oxygens (including phenoxy) is 2. The summed E-state index contributed by atoms with van der Waals surface area (Å²) >= 11 is 6.30. The largest absolute Gasteiger partial charge is 0.486 e. The molecule has 2 aliphatic rings. The molecule has 2 atom stereocenters. The van der Waals surface area contributed by atoms with E-state index in [1.54, 1.807) is 0 Å². The highest BCUT2D eigenvalue weighted by Crippen LogP contribution is 2.38. The van der Waals surface area contributed by atoms with Gasteiger partial charge in [-0.15, -0.1) is 0 Å². The fourth-order valence-corrected chi connectivity index (χ4v) is 2.90. The number of hydrogen-bond donors (Lipinski definition) is 1. The van der Waals surface area contributed by atoms with Gasteiger partial charge in [-0.1, -0.05) is 11.6 Å². The van der Waals surface area contributed by atoms with Crippen LogP contribution in [0, 0.1) is 0 Å². The number of halogens is 1. The standard InChI is InChI=1S/C14H19ClN2O2/c1-9-5-10(8-17(9)2)16-12-7-14-13(6-11(12)15)18-3-4-19-14/h6-7,9-10,16H,3-5,8H2,1-2H3. The summed E-state index contributed by atoms with van der Waals surface area (Å²) in [5.74, 6) is 1.51. The van der Waals surface area contributed by atoms with Crippen LogP contribution >= 0.6 is 11.6 Å². The van der Waals surface area contributed by atoms with Crippen LogP contribution in [-0.2, 0) is 0 Å². The SMILES string of the molecule is CC1CC(Nc2cc3c(cc2Cl)OCCO3)CN1C. The molecule has 0 aliphatic carbocycles. The van der Waals surface area contributed by atoms with Gasteiger partial charge >= 0.3 is 0 Å². The average Bonchev–Trinajstić information content (AvgIpc) is 2.69. The Morgan fingerprint density at radius 3 is 2.58 bits per heavy atom. The first-order valence-electron chi connectivity index (χ1n) is 6.69. The number of benzene rings is 1. The van der Waals surface area contributed by atoms with Gasteiger partial charge in [-0.3, -0.25) is 0 Å². The van der Waals surface area contributed by atoms with Crippen molar-refractivity contribution >= 4 is 17.3 Å². The zero-order valence-electron chi connectivity index (χ0n) is 11.3. The third-order valence-corrected chi connectivity index (χ3v) is 4.19. The summed E-state index contributed by atoms with van der Waals surface area (Å²) < 4.78 is 11.1. The first-order valence-corrected chi connectivity index (χ1v) is 7.07. The molecule has 0 spiro atoms. The van der Waals surface area contributed by atoms with Crippen molar-refractivity contribution in [2.75, 3.05) is 32.1 Å². The van der Waals surface area contributed by atoms with Gasteiger partial charge in [0.2, 0.25) is 0 Å². The Hall–Kier alpha value is -1.13. The molecule has 0 aromatic heterocycles. The third-order valence-electron chi connectivity index (χ3n) is 3.88. The number of nitrogens with one attached hydrogen (secondary N) is 1. The Labute approximate surface area is 118 Å². The summed E-state index contributed by atoms with van der Waals surface area (Å²) in [5.41, 5.74) is 0.929. The molecular weight excluding hydrogens is 264 g/mol. The van der Waals surface area contributed by atoms with Crippen LogP contribution in [0.15, 0.2) is 12.1 Å². The fraction of sp³-hybridized carbons (Fsp3) is 0.571. The van der Waals surface area contributed by atoms with E-state index in [1.807, 2.05) is 12.1 Å². The zero-order valence-corrected chi connectivity index (χ0v) is 12.0. The quantitative estimate of drug-likeness (QED) is 0.904. The first kappa shape index (κ1) is 12.9. The van der Waals surface area contributed by atoms with E-state index >= 15 is 0 Å². The smallest absolute Gasteiger partial charge is 0.163 e. The van der Waals surface area contributed by atoms with E-state index in [9.17, 15) is 0 Å². The van der Waals surface area contributed by atoms with Crippen LogP contribution in [-0.4, -0.2) is 43.8 Å². The number of fused-ring (bicyclic) bond motifs is 1. The van der Waals surface area contributed by atoms with Gasteiger partial charge in [-0.2, -0.15) is 0 Å². The van der Waals surface area contributed by atoms with Crippen LogP contribution in [0.25, 0.3) is 0 Å². The van der Waals surface area contributed by atoms with Crippen molar-refractivity contribution in [3.63, 3.8) is 0 Å². The molecule has 19 heavy (non-hydrogen) atoms. The van der Waals surface area contributed by atoms with Crippen molar-refractivity contribution in [2.45, 2.75) is 25.4 Å². The molecule has 1 aromatic rings. The molecule has 0 bridgehead atoms. The zero-order chi connectivity index (χ0) is 13.4. The Bertz CT molecular complexity index is 471. The maximum atomic E-state index is 6.30. The van der Waals surface area contributed by atoms with E-state index in [2.05, 4.69) is 24.2 Å². The van der Waals surface area contributed by atoms with Crippen LogP contribution in [0.3, 0.4) is 0 Å². The van der Waals surface area contributed by atoms with E-state index in [-0.39, 0.29) is 0 Å². The summed E-state index contributed by atoms with van der Waals surface area (Å²) in [4.78, 5) is 2.35. The van der Waals surface area contributed by atoms with Crippen molar-refractivity contribution in [2.24, 2.45) is 0 Å². The van der Waals surface area contributed by atoms with Gasteiger partial charge in [0.1, 0.15) is 13.2 Å². The minimum atomic E-state index is 0.431. The van der Waals surface area contributed by atoms with E-state index in [4.69, 9.17) is 21.1 Å². The lowest BCUT2D eigenvalue weighted by atomic mass is 10.1. The molecule has 0 amide bonds. The molecule has 5 heteroatoms. The fourth-order valence-electron chi connectivity index (χ4n) is 2.69. The highest BCUT2D eigenvalue weighted by Gasteiger charge is 2.27. The van der Waals surface area contributed by atoms with Crippen molar-refractivity contribution in [3.8, 4) is 11.5 Å². The van der Waals surface area contributed by atoms with Gasteiger partial charge in [0.25, 0.3) is 0 Å². The number of rotatable bonds is 2. The molecule has 1 saturated heterocycles. The lowest BCUT2D eigenvalue weighted by Gasteiger charge is -2.21. The second-order valence-corrected chi connectivity index (χ2v) is 5.75. The van der Waals surface area contributed by atoms with Gasteiger partial charge in [-0.05, 0) is 20.4 Å². The Kier molecular flexibility index (Phi) is 3.46. The van der Waals surface area contributed by atoms with Gasteiger partial charge < -0.3 is 19.7 Å². The van der Waals surface area contributed by atoms with Crippen LogP contribution in [0.4, 0.5) is 5.69 Å². The number of likely N-dealkylation sites (tertiary alicyclic amines) is 1. The van der Waals surface area contributed by atoms with Crippen molar-refractivity contribution in [1.29, 1.82) is 0 Å². The normalized spacial score (nSPS) is 26.5. The molecular formula is C14H19ClN2O2.